The molecule has 0 aromatic heterocycles. The largest absolute Gasteiger partial charge is 0.393 e. The molecule has 4 nitrogen and oxygen atoms in total. The molecule has 0 bridgehead atoms. The van der Waals surface area contributed by atoms with Crippen molar-refractivity contribution in [3.05, 3.63) is 0 Å². The summed E-state index contributed by atoms with van der Waals surface area (Å²) < 4.78 is 15.7. The third-order valence-corrected chi connectivity index (χ3v) is 3.64. The molecular weight excluding hydrogens is 232 g/mol. The molecule has 4 heteroatoms. The van der Waals surface area contributed by atoms with Crippen LogP contribution in [-0.2, 0) is 14.2 Å². The topological polar surface area (TPSA) is 47.9 Å². The first-order valence-electron chi connectivity index (χ1n) is 7.06. The molecule has 1 aliphatic carbocycles. The standard InChI is InChI=1S/C14H28O4/c1-12-3-4-14(15)13(11-12)5-6-17-9-10-18-8-7-16-2/h12-15H,3-11H2,1-2H3. The van der Waals surface area contributed by atoms with Crippen LogP contribution in [0.15, 0.2) is 0 Å². The highest BCUT2D eigenvalue weighted by Gasteiger charge is 2.26. The third-order valence-electron chi connectivity index (χ3n) is 3.64. The Bertz CT molecular complexity index is 198. The summed E-state index contributed by atoms with van der Waals surface area (Å²) in [5, 5.41) is 9.89. The minimum atomic E-state index is -0.122. The Labute approximate surface area is 111 Å². The lowest BCUT2D eigenvalue weighted by Gasteiger charge is -2.31. The number of hydrogen-bond acceptors (Lipinski definition) is 4. The molecule has 0 radical (unpaired) electrons. The van der Waals surface area contributed by atoms with E-state index in [0.717, 1.165) is 38.2 Å². The lowest BCUT2D eigenvalue weighted by molar-refractivity contribution is 0.00338. The first-order valence-corrected chi connectivity index (χ1v) is 7.06. The first kappa shape index (κ1) is 15.9. The number of ether oxygens (including phenoxy) is 3. The average Bonchev–Trinajstić information content (AvgIpc) is 2.36. The normalized spacial score (nSPS) is 28.5. The molecule has 1 aliphatic rings. The van der Waals surface area contributed by atoms with E-state index < -0.39 is 0 Å². The quantitative estimate of drug-likeness (QED) is 0.643. The van der Waals surface area contributed by atoms with Gasteiger partial charge in [0.1, 0.15) is 0 Å². The van der Waals surface area contributed by atoms with Gasteiger partial charge in [0.15, 0.2) is 0 Å². The monoisotopic (exact) mass is 260 g/mol. The van der Waals surface area contributed by atoms with Crippen LogP contribution >= 0.6 is 0 Å². The van der Waals surface area contributed by atoms with Gasteiger partial charge in [-0.15, -0.1) is 0 Å². The minimum Gasteiger partial charge on any atom is -0.393 e. The summed E-state index contributed by atoms with van der Waals surface area (Å²) in [6.07, 6.45) is 4.08. The number of hydrogen-bond donors (Lipinski definition) is 1. The van der Waals surface area contributed by atoms with Crippen molar-refractivity contribution in [1.82, 2.24) is 0 Å². The van der Waals surface area contributed by atoms with Crippen LogP contribution in [0.2, 0.25) is 0 Å². The lowest BCUT2D eigenvalue weighted by atomic mass is 9.79. The summed E-state index contributed by atoms with van der Waals surface area (Å²) in [7, 11) is 1.66. The van der Waals surface area contributed by atoms with E-state index in [4.69, 9.17) is 14.2 Å². The molecule has 108 valence electrons. The molecule has 1 rings (SSSR count). The second-order valence-corrected chi connectivity index (χ2v) is 5.25. The van der Waals surface area contributed by atoms with Gasteiger partial charge in [-0.3, -0.25) is 0 Å². The lowest BCUT2D eigenvalue weighted by Crippen LogP contribution is -2.29. The molecular formula is C14H28O4. The molecule has 0 aliphatic heterocycles. The van der Waals surface area contributed by atoms with E-state index in [9.17, 15) is 5.11 Å². The van der Waals surface area contributed by atoms with E-state index in [1.807, 2.05) is 0 Å². The summed E-state index contributed by atoms with van der Waals surface area (Å²) in [6.45, 7) is 5.49. The van der Waals surface area contributed by atoms with Gasteiger partial charge in [-0.2, -0.15) is 0 Å². The van der Waals surface area contributed by atoms with E-state index in [-0.39, 0.29) is 6.10 Å². The van der Waals surface area contributed by atoms with Gasteiger partial charge in [-0.25, -0.2) is 0 Å². The number of aliphatic hydroxyl groups excluding tert-OH is 1. The van der Waals surface area contributed by atoms with Crippen molar-refractivity contribution in [3.63, 3.8) is 0 Å². The summed E-state index contributed by atoms with van der Waals surface area (Å²) >= 11 is 0. The van der Waals surface area contributed by atoms with Gasteiger partial charge in [0.25, 0.3) is 0 Å². The average molecular weight is 260 g/mol. The van der Waals surface area contributed by atoms with Crippen LogP contribution < -0.4 is 0 Å². The van der Waals surface area contributed by atoms with Gasteiger partial charge < -0.3 is 19.3 Å². The van der Waals surface area contributed by atoms with E-state index in [0.29, 0.717) is 32.3 Å². The van der Waals surface area contributed by atoms with Gasteiger partial charge >= 0.3 is 0 Å². The van der Waals surface area contributed by atoms with E-state index >= 15 is 0 Å². The fraction of sp³-hybridized carbons (Fsp3) is 1.00. The van der Waals surface area contributed by atoms with Crippen LogP contribution in [0.1, 0.15) is 32.6 Å². The number of aliphatic hydroxyl groups is 1. The molecule has 0 saturated heterocycles. The van der Waals surface area contributed by atoms with Crippen molar-refractivity contribution >= 4 is 0 Å². The maximum absolute atomic E-state index is 9.89. The van der Waals surface area contributed by atoms with E-state index in [2.05, 4.69) is 6.92 Å². The van der Waals surface area contributed by atoms with Crippen LogP contribution in [0.25, 0.3) is 0 Å². The summed E-state index contributed by atoms with van der Waals surface area (Å²) in [5.41, 5.74) is 0. The highest BCUT2D eigenvalue weighted by Crippen LogP contribution is 2.30. The molecule has 1 N–H and O–H groups in total. The molecule has 3 atom stereocenters. The predicted molar refractivity (Wildman–Crippen MR) is 70.6 cm³/mol. The molecule has 0 aromatic rings. The van der Waals surface area contributed by atoms with Crippen molar-refractivity contribution in [1.29, 1.82) is 0 Å². The first-order chi connectivity index (χ1) is 8.74. The van der Waals surface area contributed by atoms with Gasteiger partial charge in [0.2, 0.25) is 0 Å². The molecule has 0 spiro atoms. The Morgan fingerprint density at radius 2 is 1.67 bits per heavy atom. The van der Waals surface area contributed by atoms with E-state index in [1.165, 1.54) is 0 Å². The summed E-state index contributed by atoms with van der Waals surface area (Å²) in [6, 6.07) is 0. The highest BCUT2D eigenvalue weighted by molar-refractivity contribution is 4.77. The fourth-order valence-electron chi connectivity index (χ4n) is 2.49. The Hall–Kier alpha value is -0.160. The summed E-state index contributed by atoms with van der Waals surface area (Å²) in [4.78, 5) is 0. The van der Waals surface area contributed by atoms with Crippen molar-refractivity contribution in [3.8, 4) is 0 Å². The van der Waals surface area contributed by atoms with Crippen LogP contribution in [0, 0.1) is 11.8 Å². The minimum absolute atomic E-state index is 0.122. The molecule has 0 heterocycles. The Balaban J connectivity index is 1.93. The zero-order valence-electron chi connectivity index (χ0n) is 11.8. The Morgan fingerprint density at radius 3 is 2.39 bits per heavy atom. The van der Waals surface area contributed by atoms with Crippen molar-refractivity contribution < 1.29 is 19.3 Å². The maximum Gasteiger partial charge on any atom is 0.0701 e. The van der Waals surface area contributed by atoms with Crippen molar-refractivity contribution in [2.24, 2.45) is 11.8 Å². The van der Waals surface area contributed by atoms with Gasteiger partial charge in [0.05, 0.1) is 32.5 Å². The molecule has 18 heavy (non-hydrogen) atoms. The Kier molecular flexibility index (Phi) is 8.59. The van der Waals surface area contributed by atoms with Gasteiger partial charge in [0, 0.05) is 13.7 Å². The van der Waals surface area contributed by atoms with Gasteiger partial charge in [-0.05, 0) is 37.5 Å². The molecule has 1 saturated carbocycles. The third kappa shape index (κ3) is 6.69. The smallest absolute Gasteiger partial charge is 0.0701 e. The van der Waals surface area contributed by atoms with Crippen LogP contribution in [0.5, 0.6) is 0 Å². The molecule has 0 aromatic carbocycles. The fourth-order valence-corrected chi connectivity index (χ4v) is 2.49. The van der Waals surface area contributed by atoms with Crippen LogP contribution in [0.4, 0.5) is 0 Å². The van der Waals surface area contributed by atoms with E-state index in [1.54, 1.807) is 7.11 Å². The van der Waals surface area contributed by atoms with Crippen molar-refractivity contribution in [2.45, 2.75) is 38.7 Å². The zero-order chi connectivity index (χ0) is 13.2. The molecule has 0 amide bonds. The number of rotatable bonds is 9. The van der Waals surface area contributed by atoms with Crippen LogP contribution in [0.3, 0.4) is 0 Å². The SMILES string of the molecule is COCCOCCOCCC1CC(C)CCC1O. The van der Waals surface area contributed by atoms with Crippen LogP contribution in [-0.4, -0.2) is 51.4 Å². The Morgan fingerprint density at radius 1 is 1.00 bits per heavy atom. The predicted octanol–water partition coefficient (Wildman–Crippen LogP) is 1.85. The highest BCUT2D eigenvalue weighted by atomic mass is 16.5. The second-order valence-electron chi connectivity index (χ2n) is 5.25. The summed E-state index contributed by atoms with van der Waals surface area (Å²) in [5.74, 6) is 1.17. The van der Waals surface area contributed by atoms with Gasteiger partial charge in [-0.1, -0.05) is 6.92 Å². The van der Waals surface area contributed by atoms with Crippen molar-refractivity contribution in [2.75, 3.05) is 40.1 Å². The molecule has 3 unspecified atom stereocenters. The zero-order valence-corrected chi connectivity index (χ0v) is 11.8. The number of methoxy groups -OCH3 is 1. The maximum atomic E-state index is 9.89. The second kappa shape index (κ2) is 9.73. The molecule has 1 fully saturated rings.